The average molecular weight is 412 g/mol. The van der Waals surface area contributed by atoms with Crippen LogP contribution in [0.3, 0.4) is 0 Å². The van der Waals surface area contributed by atoms with Crippen molar-refractivity contribution in [2.24, 2.45) is 10.4 Å². The van der Waals surface area contributed by atoms with Crippen molar-refractivity contribution in [1.29, 1.82) is 5.41 Å². The highest BCUT2D eigenvalue weighted by atomic mass is 31.0. The lowest BCUT2D eigenvalue weighted by Crippen LogP contribution is -2.48. The van der Waals surface area contributed by atoms with Crippen molar-refractivity contribution < 1.29 is 4.79 Å². The molecule has 3 N–H and O–H groups in total. The molecule has 7 nitrogen and oxygen atoms in total. The molecule has 1 aromatic carbocycles. The predicted molar refractivity (Wildman–Crippen MR) is 121 cm³/mol. The van der Waals surface area contributed by atoms with Crippen LogP contribution in [0, 0.1) is 10.8 Å². The summed E-state index contributed by atoms with van der Waals surface area (Å²) >= 11 is 0. The largest absolute Gasteiger partial charge is 0.342 e. The van der Waals surface area contributed by atoms with Gasteiger partial charge >= 0.3 is 0 Å². The van der Waals surface area contributed by atoms with Gasteiger partial charge < -0.3 is 15.2 Å². The topological polar surface area (TPSA) is 95.2 Å². The van der Waals surface area contributed by atoms with Crippen molar-refractivity contribution in [2.75, 3.05) is 6.54 Å². The molecule has 1 aromatic heterocycles. The number of fused-ring (bicyclic) bond motifs is 1. The first-order valence-electron chi connectivity index (χ1n) is 9.74. The van der Waals surface area contributed by atoms with Gasteiger partial charge in [0, 0.05) is 25.2 Å². The molecule has 0 spiro atoms. The van der Waals surface area contributed by atoms with Gasteiger partial charge in [0.2, 0.25) is 0 Å². The van der Waals surface area contributed by atoms with Crippen molar-refractivity contribution in [1.82, 2.24) is 20.2 Å². The first-order valence-corrected chi connectivity index (χ1v) is 10.3. The van der Waals surface area contributed by atoms with E-state index in [2.05, 4.69) is 29.4 Å². The summed E-state index contributed by atoms with van der Waals surface area (Å²) in [7, 11) is 2.57. The first-order chi connectivity index (χ1) is 13.7. The van der Waals surface area contributed by atoms with Gasteiger partial charge in [-0.25, -0.2) is 9.98 Å². The summed E-state index contributed by atoms with van der Waals surface area (Å²) in [5.74, 6) is 0.792. The van der Waals surface area contributed by atoms with Gasteiger partial charge in [0.1, 0.15) is 11.7 Å². The molecule has 0 radical (unpaired) electrons. The van der Waals surface area contributed by atoms with Crippen molar-refractivity contribution in [3.63, 3.8) is 0 Å². The van der Waals surface area contributed by atoms with Crippen LogP contribution in [-0.4, -0.2) is 39.3 Å². The minimum absolute atomic E-state index is 0.202. The zero-order valence-corrected chi connectivity index (χ0v) is 18.6. The Labute approximate surface area is 174 Å². The fourth-order valence-corrected chi connectivity index (χ4v) is 4.26. The molecule has 2 unspecified atom stereocenters. The molecule has 0 bridgehead atoms. The van der Waals surface area contributed by atoms with Crippen LogP contribution in [0.1, 0.15) is 43.9 Å². The maximum Gasteiger partial charge on any atom is 0.272 e. The third-order valence-corrected chi connectivity index (χ3v) is 5.32. The number of imidazole rings is 1. The monoisotopic (exact) mass is 412 g/mol. The van der Waals surface area contributed by atoms with Gasteiger partial charge in [-0.05, 0) is 12.3 Å². The zero-order chi connectivity index (χ0) is 21.2. The van der Waals surface area contributed by atoms with Crippen LogP contribution in [0.5, 0.6) is 0 Å². The van der Waals surface area contributed by atoms with Crippen molar-refractivity contribution in [3.05, 3.63) is 41.7 Å². The Hall–Kier alpha value is -2.37. The Balaban J connectivity index is 1.98. The minimum atomic E-state index is -0.339. The summed E-state index contributed by atoms with van der Waals surface area (Å²) in [6.45, 7) is 9.95. The van der Waals surface area contributed by atoms with Gasteiger partial charge in [-0.1, -0.05) is 60.3 Å². The van der Waals surface area contributed by atoms with Crippen molar-refractivity contribution in [2.45, 2.75) is 46.8 Å². The molecule has 0 saturated carbocycles. The molecule has 2 heterocycles. The number of nitrogens with one attached hydrogen (secondary N) is 3. The fourth-order valence-electron chi connectivity index (χ4n) is 3.49. The van der Waals surface area contributed by atoms with Crippen LogP contribution in [0.15, 0.2) is 35.3 Å². The number of hydrogen-bond acceptors (Lipinski definition) is 4. The second-order valence-electron chi connectivity index (χ2n) is 8.32. The Bertz CT molecular complexity index is 942. The van der Waals surface area contributed by atoms with E-state index in [1.165, 1.54) is 0 Å². The number of aliphatic imine (C=N–C) groups is 1. The zero-order valence-electron chi connectivity index (χ0n) is 17.4. The van der Waals surface area contributed by atoms with E-state index in [1.807, 2.05) is 51.1 Å². The molecule has 8 heteroatoms. The number of amidine groups is 1. The maximum atomic E-state index is 13.3. The van der Waals surface area contributed by atoms with E-state index in [1.54, 1.807) is 6.92 Å². The lowest BCUT2D eigenvalue weighted by molar-refractivity contribution is 0.0920. The fraction of sp³-hybridized carbons (Fsp3) is 0.429. The van der Waals surface area contributed by atoms with Gasteiger partial charge in [-0.15, -0.1) is 0 Å². The molecule has 0 fully saturated rings. The Morgan fingerprint density at radius 1 is 1.34 bits per heavy atom. The maximum absolute atomic E-state index is 13.3. The summed E-state index contributed by atoms with van der Waals surface area (Å²) < 4.78 is 2.13. The van der Waals surface area contributed by atoms with E-state index in [0.29, 0.717) is 17.7 Å². The summed E-state index contributed by atoms with van der Waals surface area (Å²) in [4.78, 5) is 22.3. The molecule has 2 aromatic rings. The number of nitrogens with zero attached hydrogens (tertiary/aromatic N) is 3. The smallest absolute Gasteiger partial charge is 0.272 e. The molecular weight excluding hydrogens is 383 g/mol. The third kappa shape index (κ3) is 4.80. The number of amides is 1. The Morgan fingerprint density at radius 3 is 2.66 bits per heavy atom. The SMILES string of the molecule is CC(=N)N=C(P)C(NC(=O)c1nc(-c2ccccc2)n2c1CNCC2)C(C)(C)C. The molecule has 0 aliphatic carbocycles. The summed E-state index contributed by atoms with van der Waals surface area (Å²) in [6, 6.07) is 9.61. The minimum Gasteiger partial charge on any atom is -0.342 e. The summed E-state index contributed by atoms with van der Waals surface area (Å²) in [5.41, 5.74) is 2.69. The normalized spacial score (nSPS) is 15.6. The van der Waals surface area contributed by atoms with Crippen molar-refractivity contribution in [3.8, 4) is 11.4 Å². The lowest BCUT2D eigenvalue weighted by atomic mass is 9.87. The van der Waals surface area contributed by atoms with E-state index in [9.17, 15) is 4.79 Å². The van der Waals surface area contributed by atoms with Gasteiger partial charge in [0.05, 0.1) is 17.2 Å². The average Bonchev–Trinajstić information content (AvgIpc) is 3.05. The number of rotatable bonds is 4. The molecule has 1 aliphatic rings. The second-order valence-corrected chi connectivity index (χ2v) is 8.91. The van der Waals surface area contributed by atoms with E-state index in [-0.39, 0.29) is 23.2 Å². The van der Waals surface area contributed by atoms with Gasteiger partial charge in [-0.3, -0.25) is 10.2 Å². The number of aromatic nitrogens is 2. The quantitative estimate of drug-likeness (QED) is 0.409. The van der Waals surface area contributed by atoms with E-state index < -0.39 is 0 Å². The standard InChI is InChI=1S/C21H29N6OP/c1-13(22)24-20(29)17(21(2,3)4)26-19(28)16-15-12-23-10-11-27(15)18(25-16)14-8-6-5-7-9-14/h5-9,17,22-23H,10-12,29H2,1-4H3,(H,26,28). The summed E-state index contributed by atoms with van der Waals surface area (Å²) in [5, 5.41) is 14.1. The van der Waals surface area contributed by atoms with Gasteiger partial charge in [-0.2, -0.15) is 0 Å². The number of hydrogen-bond donors (Lipinski definition) is 3. The van der Waals surface area contributed by atoms with Crippen molar-refractivity contribution >= 4 is 26.4 Å². The van der Waals surface area contributed by atoms with E-state index >= 15 is 0 Å². The Morgan fingerprint density at radius 2 is 2.03 bits per heavy atom. The first kappa shape index (κ1) is 21.3. The van der Waals surface area contributed by atoms with Crippen LogP contribution < -0.4 is 10.6 Å². The molecule has 1 aliphatic heterocycles. The molecule has 0 saturated heterocycles. The molecule has 29 heavy (non-hydrogen) atoms. The molecule has 154 valence electrons. The molecule has 2 atom stereocenters. The molecule has 3 rings (SSSR count). The van der Waals surface area contributed by atoms with Gasteiger partial charge in [0.15, 0.2) is 5.69 Å². The van der Waals surface area contributed by atoms with E-state index in [4.69, 9.17) is 10.4 Å². The highest BCUT2D eigenvalue weighted by Crippen LogP contribution is 2.26. The summed E-state index contributed by atoms with van der Waals surface area (Å²) in [6.07, 6.45) is 0. The Kier molecular flexibility index (Phi) is 6.30. The van der Waals surface area contributed by atoms with E-state index in [0.717, 1.165) is 30.2 Å². The number of benzene rings is 1. The third-order valence-electron chi connectivity index (χ3n) is 4.86. The predicted octanol–water partition coefficient (Wildman–Crippen LogP) is 3.07. The lowest BCUT2D eigenvalue weighted by Gasteiger charge is -2.31. The van der Waals surface area contributed by atoms with Crippen LogP contribution in [0.4, 0.5) is 0 Å². The van der Waals surface area contributed by atoms with Crippen LogP contribution in [0.25, 0.3) is 11.4 Å². The molecule has 1 amide bonds. The number of carbonyl (C=O) groups excluding carboxylic acids is 1. The van der Waals surface area contributed by atoms with Gasteiger partial charge in [0.25, 0.3) is 5.91 Å². The molecular formula is C21H29N6OP. The second kappa shape index (κ2) is 8.56. The highest BCUT2D eigenvalue weighted by molar-refractivity contribution is 7.41. The van der Waals surface area contributed by atoms with Crippen LogP contribution >= 0.6 is 9.24 Å². The highest BCUT2D eigenvalue weighted by Gasteiger charge is 2.32. The van der Waals surface area contributed by atoms with Crippen LogP contribution in [0.2, 0.25) is 0 Å². The van der Waals surface area contributed by atoms with Crippen LogP contribution in [-0.2, 0) is 13.1 Å². The number of carbonyl (C=O) groups is 1.